The summed E-state index contributed by atoms with van der Waals surface area (Å²) >= 11 is 1.63. The Bertz CT molecular complexity index is 363. The third-order valence-corrected chi connectivity index (χ3v) is 3.93. The Morgan fingerprint density at radius 1 is 1.61 bits per heavy atom. The smallest absolute Gasteiger partial charge is 0.224 e. The fourth-order valence-electron chi connectivity index (χ4n) is 1.90. The molecule has 0 aromatic carbocycles. The number of ether oxygens (including phenoxy) is 1. The zero-order chi connectivity index (χ0) is 12.8. The van der Waals surface area contributed by atoms with Crippen LogP contribution in [0.4, 0.5) is 0 Å². The van der Waals surface area contributed by atoms with E-state index in [2.05, 4.69) is 17.2 Å². The lowest BCUT2D eigenvalue weighted by Gasteiger charge is -2.27. The average molecular weight is 269 g/mol. The van der Waals surface area contributed by atoms with Crippen molar-refractivity contribution in [3.8, 4) is 0 Å². The average Bonchev–Trinajstić information content (AvgIpc) is 2.93. The molecule has 1 N–H and O–H groups in total. The molecule has 0 spiro atoms. The molecule has 6 heteroatoms. The number of nitrogens with one attached hydrogen (secondary N) is 1. The molecular formula is C12H19N3O2S. The van der Waals surface area contributed by atoms with Crippen molar-refractivity contribution in [2.24, 2.45) is 0 Å². The molecule has 1 aromatic rings. The van der Waals surface area contributed by atoms with Gasteiger partial charge in [-0.25, -0.2) is 4.98 Å². The summed E-state index contributed by atoms with van der Waals surface area (Å²) in [6, 6.07) is 0.211. The number of amides is 1. The zero-order valence-electron chi connectivity index (χ0n) is 10.6. The summed E-state index contributed by atoms with van der Waals surface area (Å²) in [5, 5.41) is 6.35. The summed E-state index contributed by atoms with van der Waals surface area (Å²) in [7, 11) is 0. The lowest BCUT2D eigenvalue weighted by atomic mass is 10.3. The van der Waals surface area contributed by atoms with E-state index in [0.717, 1.165) is 18.1 Å². The van der Waals surface area contributed by atoms with Crippen molar-refractivity contribution in [1.29, 1.82) is 0 Å². The van der Waals surface area contributed by atoms with Gasteiger partial charge in [0.2, 0.25) is 5.91 Å². The lowest BCUT2D eigenvalue weighted by Crippen LogP contribution is -2.41. The Morgan fingerprint density at radius 2 is 2.39 bits per heavy atom. The molecule has 1 atom stereocenters. The SMILES string of the molecule is CC(NCCC(=O)N1CCOCC1)c1nccs1. The van der Waals surface area contributed by atoms with Crippen molar-refractivity contribution in [1.82, 2.24) is 15.2 Å². The van der Waals surface area contributed by atoms with Gasteiger partial charge in [0.05, 0.1) is 19.3 Å². The first-order valence-electron chi connectivity index (χ1n) is 6.25. The molecule has 1 aliphatic rings. The topological polar surface area (TPSA) is 54.5 Å². The number of morpholine rings is 1. The van der Waals surface area contributed by atoms with E-state index < -0.39 is 0 Å². The Hall–Kier alpha value is -0.980. The maximum absolute atomic E-state index is 11.9. The van der Waals surface area contributed by atoms with Crippen LogP contribution in [0.3, 0.4) is 0 Å². The second-order valence-electron chi connectivity index (χ2n) is 4.29. The first-order valence-corrected chi connectivity index (χ1v) is 7.13. The Morgan fingerprint density at radius 3 is 3.06 bits per heavy atom. The van der Waals surface area contributed by atoms with Gasteiger partial charge in [-0.2, -0.15) is 0 Å². The molecule has 1 aliphatic heterocycles. The molecule has 2 heterocycles. The number of carbonyl (C=O) groups is 1. The molecule has 1 aromatic heterocycles. The molecule has 0 aliphatic carbocycles. The van der Waals surface area contributed by atoms with Crippen LogP contribution >= 0.6 is 11.3 Å². The third-order valence-electron chi connectivity index (χ3n) is 2.98. The highest BCUT2D eigenvalue weighted by molar-refractivity contribution is 7.09. The number of hydrogen-bond donors (Lipinski definition) is 1. The van der Waals surface area contributed by atoms with Crippen LogP contribution in [0, 0.1) is 0 Å². The largest absolute Gasteiger partial charge is 0.378 e. The molecule has 1 saturated heterocycles. The number of thiazole rings is 1. The van der Waals surface area contributed by atoms with Gasteiger partial charge in [0.1, 0.15) is 5.01 Å². The van der Waals surface area contributed by atoms with Gasteiger partial charge < -0.3 is 15.0 Å². The second kappa shape index (κ2) is 6.82. The third kappa shape index (κ3) is 3.76. The number of hydrogen-bond acceptors (Lipinski definition) is 5. The molecule has 1 amide bonds. The van der Waals surface area contributed by atoms with Gasteiger partial charge in [-0.05, 0) is 6.92 Å². The van der Waals surface area contributed by atoms with Crippen LogP contribution in [-0.2, 0) is 9.53 Å². The predicted molar refractivity (Wildman–Crippen MR) is 70.5 cm³/mol. The number of carbonyl (C=O) groups excluding carboxylic acids is 1. The quantitative estimate of drug-likeness (QED) is 0.868. The highest BCUT2D eigenvalue weighted by atomic mass is 32.1. The summed E-state index contributed by atoms with van der Waals surface area (Å²) in [6.07, 6.45) is 2.34. The van der Waals surface area contributed by atoms with E-state index in [1.807, 2.05) is 10.3 Å². The standard InChI is InChI=1S/C12H19N3O2S/c1-10(12-14-4-9-18-12)13-3-2-11(16)15-5-7-17-8-6-15/h4,9-10,13H,2-3,5-8H2,1H3. The summed E-state index contributed by atoms with van der Waals surface area (Å²) in [5.74, 6) is 0.206. The van der Waals surface area contributed by atoms with Gasteiger partial charge in [-0.15, -0.1) is 11.3 Å². The van der Waals surface area contributed by atoms with Crippen LogP contribution in [0.5, 0.6) is 0 Å². The zero-order valence-corrected chi connectivity index (χ0v) is 11.4. The van der Waals surface area contributed by atoms with E-state index in [1.165, 1.54) is 0 Å². The van der Waals surface area contributed by atoms with Gasteiger partial charge in [0.15, 0.2) is 0 Å². The molecule has 0 saturated carbocycles. The van der Waals surface area contributed by atoms with Gasteiger partial charge in [0.25, 0.3) is 0 Å². The van der Waals surface area contributed by atoms with Crippen molar-refractivity contribution >= 4 is 17.2 Å². The van der Waals surface area contributed by atoms with Gasteiger partial charge >= 0.3 is 0 Å². The minimum atomic E-state index is 0.206. The maximum atomic E-state index is 11.9. The molecule has 0 bridgehead atoms. The fraction of sp³-hybridized carbons (Fsp3) is 0.667. The van der Waals surface area contributed by atoms with E-state index in [0.29, 0.717) is 26.2 Å². The minimum Gasteiger partial charge on any atom is -0.378 e. The summed E-state index contributed by atoms with van der Waals surface area (Å²) in [5.41, 5.74) is 0. The first-order chi connectivity index (χ1) is 8.77. The van der Waals surface area contributed by atoms with Crippen LogP contribution < -0.4 is 5.32 Å². The van der Waals surface area contributed by atoms with Crippen molar-refractivity contribution in [2.45, 2.75) is 19.4 Å². The van der Waals surface area contributed by atoms with Crippen molar-refractivity contribution in [3.63, 3.8) is 0 Å². The molecule has 1 unspecified atom stereocenters. The van der Waals surface area contributed by atoms with Crippen molar-refractivity contribution in [2.75, 3.05) is 32.8 Å². The van der Waals surface area contributed by atoms with Crippen LogP contribution in [0.25, 0.3) is 0 Å². The predicted octanol–water partition coefficient (Wildman–Crippen LogP) is 1.04. The molecule has 18 heavy (non-hydrogen) atoms. The Labute approximate surface area is 111 Å². The van der Waals surface area contributed by atoms with Crippen molar-refractivity contribution < 1.29 is 9.53 Å². The van der Waals surface area contributed by atoms with Crippen LogP contribution in [0.15, 0.2) is 11.6 Å². The Balaban J connectivity index is 1.67. The van der Waals surface area contributed by atoms with E-state index >= 15 is 0 Å². The molecule has 5 nitrogen and oxygen atoms in total. The summed E-state index contributed by atoms with van der Waals surface area (Å²) in [4.78, 5) is 18.0. The van der Waals surface area contributed by atoms with E-state index in [1.54, 1.807) is 17.5 Å². The number of rotatable bonds is 5. The summed E-state index contributed by atoms with van der Waals surface area (Å²) in [6.45, 7) is 5.53. The van der Waals surface area contributed by atoms with Crippen LogP contribution in [0.2, 0.25) is 0 Å². The Kier molecular flexibility index (Phi) is 5.10. The normalized spacial score (nSPS) is 17.7. The molecule has 0 radical (unpaired) electrons. The number of nitrogens with zero attached hydrogens (tertiary/aromatic N) is 2. The van der Waals surface area contributed by atoms with Crippen LogP contribution in [0.1, 0.15) is 24.4 Å². The van der Waals surface area contributed by atoms with E-state index in [9.17, 15) is 4.79 Å². The van der Waals surface area contributed by atoms with E-state index in [4.69, 9.17) is 4.74 Å². The fourth-order valence-corrected chi connectivity index (χ4v) is 2.57. The molecule has 2 rings (SSSR count). The molecule has 1 fully saturated rings. The van der Waals surface area contributed by atoms with Crippen molar-refractivity contribution in [3.05, 3.63) is 16.6 Å². The first kappa shape index (κ1) is 13.5. The van der Waals surface area contributed by atoms with Gasteiger partial charge in [-0.3, -0.25) is 4.79 Å². The summed E-state index contributed by atoms with van der Waals surface area (Å²) < 4.78 is 5.23. The highest BCUT2D eigenvalue weighted by Gasteiger charge is 2.16. The maximum Gasteiger partial charge on any atom is 0.224 e. The highest BCUT2D eigenvalue weighted by Crippen LogP contribution is 2.14. The molecule has 100 valence electrons. The monoisotopic (exact) mass is 269 g/mol. The van der Waals surface area contributed by atoms with E-state index in [-0.39, 0.29) is 11.9 Å². The van der Waals surface area contributed by atoms with Gasteiger partial charge in [0, 0.05) is 37.6 Å². The van der Waals surface area contributed by atoms with Crippen LogP contribution in [-0.4, -0.2) is 48.6 Å². The number of aromatic nitrogens is 1. The lowest BCUT2D eigenvalue weighted by molar-refractivity contribution is -0.135. The second-order valence-corrected chi connectivity index (χ2v) is 5.22. The van der Waals surface area contributed by atoms with Gasteiger partial charge in [-0.1, -0.05) is 0 Å². The molecular weight excluding hydrogens is 250 g/mol. The minimum absolute atomic E-state index is 0.206.